The van der Waals surface area contributed by atoms with Gasteiger partial charge in [-0.15, -0.1) is 0 Å². The summed E-state index contributed by atoms with van der Waals surface area (Å²) in [6.45, 7) is -0.0420. The highest BCUT2D eigenvalue weighted by Gasteiger charge is 2.15. The molecule has 16 heavy (non-hydrogen) atoms. The Bertz CT molecular complexity index is 438. The first-order valence-electron chi connectivity index (χ1n) is 4.60. The second-order valence-corrected chi connectivity index (χ2v) is 5.33. The molecular weight excluding hydrogens is 232 g/mol. The topological polar surface area (TPSA) is 80.7 Å². The fourth-order valence-corrected chi connectivity index (χ4v) is 1.92. The molecule has 0 atom stereocenters. The van der Waals surface area contributed by atoms with Crippen LogP contribution in [0.1, 0.15) is 0 Å². The summed E-state index contributed by atoms with van der Waals surface area (Å²) < 4.78 is 27.5. The molecule has 0 unspecified atom stereocenters. The summed E-state index contributed by atoms with van der Waals surface area (Å²) in [6, 6.07) is 8.74. The van der Waals surface area contributed by atoms with E-state index in [1.54, 1.807) is 24.3 Å². The molecule has 0 fully saturated rings. The molecule has 0 aliphatic heterocycles. The van der Waals surface area contributed by atoms with E-state index in [4.69, 9.17) is 9.84 Å². The van der Waals surface area contributed by atoms with Gasteiger partial charge in [0.25, 0.3) is 0 Å². The quantitative estimate of drug-likeness (QED) is 0.791. The van der Waals surface area contributed by atoms with Gasteiger partial charge in [0, 0.05) is 0 Å². The van der Waals surface area contributed by atoms with Crippen LogP contribution in [0.2, 0.25) is 0 Å². The molecule has 0 bridgehead atoms. The van der Waals surface area contributed by atoms with Gasteiger partial charge in [-0.2, -0.15) is 0 Å². The normalized spacial score (nSPS) is 11.0. The van der Waals surface area contributed by atoms with Crippen LogP contribution in [0.25, 0.3) is 0 Å². The lowest BCUT2D eigenvalue weighted by molar-refractivity contribution is -0.134. The minimum absolute atomic E-state index is 0.0420. The zero-order chi connectivity index (χ0) is 12.0. The average molecular weight is 244 g/mol. The summed E-state index contributed by atoms with van der Waals surface area (Å²) in [7, 11) is -3.58. The van der Waals surface area contributed by atoms with Gasteiger partial charge in [0.1, 0.15) is 18.1 Å². The molecule has 5 nitrogen and oxygen atoms in total. The van der Waals surface area contributed by atoms with Gasteiger partial charge in [0.2, 0.25) is 0 Å². The van der Waals surface area contributed by atoms with Crippen molar-refractivity contribution in [3.05, 3.63) is 30.3 Å². The molecule has 0 aromatic heterocycles. The lowest BCUT2D eigenvalue weighted by Gasteiger charge is -2.05. The van der Waals surface area contributed by atoms with E-state index in [9.17, 15) is 13.2 Å². The molecule has 0 saturated heterocycles. The summed E-state index contributed by atoms with van der Waals surface area (Å²) in [6.07, 6.45) is 0. The van der Waals surface area contributed by atoms with Crippen molar-refractivity contribution >= 4 is 15.8 Å². The molecule has 0 heterocycles. The van der Waals surface area contributed by atoms with Crippen LogP contribution in [0.5, 0.6) is 5.75 Å². The highest BCUT2D eigenvalue weighted by atomic mass is 32.2. The van der Waals surface area contributed by atoms with Crippen molar-refractivity contribution in [3.8, 4) is 5.75 Å². The fraction of sp³-hybridized carbons (Fsp3) is 0.300. The third-order valence-electron chi connectivity index (χ3n) is 1.75. The molecule has 88 valence electrons. The molecule has 0 amide bonds. The minimum Gasteiger partial charge on any atom is -0.493 e. The Kier molecular flexibility index (Phi) is 4.30. The van der Waals surface area contributed by atoms with Crippen LogP contribution < -0.4 is 4.74 Å². The maximum absolute atomic E-state index is 11.2. The summed E-state index contributed by atoms with van der Waals surface area (Å²) in [5.74, 6) is -1.94. The van der Waals surface area contributed by atoms with Gasteiger partial charge in [-0.25, -0.2) is 8.42 Å². The summed E-state index contributed by atoms with van der Waals surface area (Å²) in [5, 5.41) is 8.35. The molecule has 0 radical (unpaired) electrons. The van der Waals surface area contributed by atoms with E-state index in [1.807, 2.05) is 6.07 Å². The Morgan fingerprint density at radius 3 is 2.44 bits per heavy atom. The van der Waals surface area contributed by atoms with Gasteiger partial charge in [-0.3, -0.25) is 4.79 Å². The molecule has 0 saturated carbocycles. The van der Waals surface area contributed by atoms with Crippen LogP contribution in [-0.2, 0) is 14.6 Å². The van der Waals surface area contributed by atoms with Gasteiger partial charge < -0.3 is 9.84 Å². The molecule has 6 heteroatoms. The number of aliphatic carboxylic acids is 1. The number of carbonyl (C=O) groups is 1. The second-order valence-electron chi connectivity index (χ2n) is 3.15. The lowest BCUT2D eigenvalue weighted by Crippen LogP contribution is -2.21. The maximum atomic E-state index is 11.2. The van der Waals surface area contributed by atoms with Crippen LogP contribution in [-0.4, -0.2) is 37.6 Å². The molecule has 1 rings (SSSR count). The summed E-state index contributed by atoms with van der Waals surface area (Å²) >= 11 is 0. The Morgan fingerprint density at radius 1 is 1.25 bits per heavy atom. The standard InChI is InChI=1S/C10H12O5S/c11-10(12)8-16(13,14)7-6-15-9-4-2-1-3-5-9/h1-5H,6-8H2,(H,11,12). The Balaban J connectivity index is 2.39. The zero-order valence-electron chi connectivity index (χ0n) is 8.50. The van der Waals surface area contributed by atoms with Crippen molar-refractivity contribution in [2.75, 3.05) is 18.1 Å². The molecule has 1 aromatic rings. The zero-order valence-corrected chi connectivity index (χ0v) is 9.31. The van der Waals surface area contributed by atoms with Crippen molar-refractivity contribution in [1.29, 1.82) is 0 Å². The third-order valence-corrected chi connectivity index (χ3v) is 3.23. The average Bonchev–Trinajstić information content (AvgIpc) is 2.16. The molecule has 0 aliphatic rings. The van der Waals surface area contributed by atoms with E-state index in [0.29, 0.717) is 5.75 Å². The van der Waals surface area contributed by atoms with Crippen LogP contribution in [0, 0.1) is 0 Å². The molecular formula is C10H12O5S. The smallest absolute Gasteiger partial charge is 0.318 e. The van der Waals surface area contributed by atoms with Crippen molar-refractivity contribution in [2.45, 2.75) is 0 Å². The van der Waals surface area contributed by atoms with E-state index < -0.39 is 21.6 Å². The predicted molar refractivity (Wildman–Crippen MR) is 58.2 cm³/mol. The highest BCUT2D eigenvalue weighted by molar-refractivity contribution is 7.92. The maximum Gasteiger partial charge on any atom is 0.318 e. The van der Waals surface area contributed by atoms with Gasteiger partial charge >= 0.3 is 5.97 Å². The Morgan fingerprint density at radius 2 is 1.88 bits per heavy atom. The van der Waals surface area contributed by atoms with Crippen LogP contribution in [0.15, 0.2) is 30.3 Å². The molecule has 0 spiro atoms. The van der Waals surface area contributed by atoms with Crippen LogP contribution in [0.3, 0.4) is 0 Å². The number of carboxylic acids is 1. The van der Waals surface area contributed by atoms with E-state index in [0.717, 1.165) is 0 Å². The van der Waals surface area contributed by atoms with Crippen molar-refractivity contribution in [1.82, 2.24) is 0 Å². The number of rotatable bonds is 6. The Labute approximate surface area is 93.6 Å². The first-order valence-corrected chi connectivity index (χ1v) is 6.42. The van der Waals surface area contributed by atoms with Gasteiger partial charge in [-0.1, -0.05) is 18.2 Å². The number of carboxylic acid groups (broad SMARTS) is 1. The predicted octanol–water partition coefficient (Wildman–Crippen LogP) is 0.565. The molecule has 1 N–H and O–H groups in total. The second kappa shape index (κ2) is 5.50. The number of hydrogen-bond acceptors (Lipinski definition) is 4. The SMILES string of the molecule is O=C(O)CS(=O)(=O)CCOc1ccccc1. The van der Waals surface area contributed by atoms with Gasteiger partial charge in [0.05, 0.1) is 5.75 Å². The summed E-state index contributed by atoms with van der Waals surface area (Å²) in [5.41, 5.74) is 0. The van der Waals surface area contributed by atoms with E-state index >= 15 is 0 Å². The minimum atomic E-state index is -3.58. The van der Waals surface area contributed by atoms with E-state index in [2.05, 4.69) is 0 Å². The molecule has 0 aliphatic carbocycles. The number of sulfone groups is 1. The lowest BCUT2D eigenvalue weighted by atomic mass is 10.3. The number of ether oxygens (including phenoxy) is 1. The van der Waals surface area contributed by atoms with Crippen molar-refractivity contribution in [2.24, 2.45) is 0 Å². The van der Waals surface area contributed by atoms with Gasteiger partial charge in [-0.05, 0) is 12.1 Å². The number of benzene rings is 1. The monoisotopic (exact) mass is 244 g/mol. The van der Waals surface area contributed by atoms with E-state index in [1.165, 1.54) is 0 Å². The van der Waals surface area contributed by atoms with Gasteiger partial charge in [0.15, 0.2) is 9.84 Å². The summed E-state index contributed by atoms with van der Waals surface area (Å²) in [4.78, 5) is 10.2. The number of para-hydroxylation sites is 1. The van der Waals surface area contributed by atoms with Crippen molar-refractivity contribution < 1.29 is 23.1 Å². The Hall–Kier alpha value is -1.56. The third kappa shape index (κ3) is 4.79. The first kappa shape index (κ1) is 12.5. The molecule has 1 aromatic carbocycles. The van der Waals surface area contributed by atoms with Crippen LogP contribution >= 0.6 is 0 Å². The van der Waals surface area contributed by atoms with Crippen LogP contribution in [0.4, 0.5) is 0 Å². The van der Waals surface area contributed by atoms with Crippen molar-refractivity contribution in [3.63, 3.8) is 0 Å². The van der Waals surface area contributed by atoms with E-state index in [-0.39, 0.29) is 12.4 Å². The largest absolute Gasteiger partial charge is 0.493 e. The number of hydrogen-bond donors (Lipinski definition) is 1. The fourth-order valence-electron chi connectivity index (χ4n) is 1.06. The highest BCUT2D eigenvalue weighted by Crippen LogP contribution is 2.08. The first-order chi connectivity index (χ1) is 7.49.